The van der Waals surface area contributed by atoms with Crippen LogP contribution in [0, 0.1) is 13.8 Å². The SMILES string of the molecule is Cc1nc2ccccc2c(C)c1CC(=O)N(CC(C)O)C(C)C. The minimum atomic E-state index is -0.529. The molecule has 4 heteroatoms. The molecule has 0 bridgehead atoms. The van der Waals surface area contributed by atoms with Crippen molar-refractivity contribution < 1.29 is 9.90 Å². The number of para-hydroxylation sites is 1. The highest BCUT2D eigenvalue weighted by Gasteiger charge is 2.21. The van der Waals surface area contributed by atoms with Crippen molar-refractivity contribution >= 4 is 16.8 Å². The van der Waals surface area contributed by atoms with Crippen molar-refractivity contribution in [3.8, 4) is 0 Å². The molecule has 1 aromatic heterocycles. The van der Waals surface area contributed by atoms with E-state index in [2.05, 4.69) is 4.98 Å². The topological polar surface area (TPSA) is 53.4 Å². The predicted molar refractivity (Wildman–Crippen MR) is 93.5 cm³/mol. The Morgan fingerprint density at radius 1 is 1.22 bits per heavy atom. The van der Waals surface area contributed by atoms with Crippen molar-refractivity contribution in [2.75, 3.05) is 6.54 Å². The summed E-state index contributed by atoms with van der Waals surface area (Å²) in [6.07, 6.45) is -0.210. The van der Waals surface area contributed by atoms with E-state index in [1.165, 1.54) is 0 Å². The van der Waals surface area contributed by atoms with Crippen LogP contribution in [0.1, 0.15) is 37.6 Å². The van der Waals surface area contributed by atoms with Gasteiger partial charge >= 0.3 is 0 Å². The molecule has 2 aromatic rings. The summed E-state index contributed by atoms with van der Waals surface area (Å²) in [7, 11) is 0. The smallest absolute Gasteiger partial charge is 0.227 e. The fraction of sp³-hybridized carbons (Fsp3) is 0.474. The van der Waals surface area contributed by atoms with Gasteiger partial charge in [0.1, 0.15) is 0 Å². The van der Waals surface area contributed by atoms with Crippen LogP contribution >= 0.6 is 0 Å². The number of hydrogen-bond donors (Lipinski definition) is 1. The second kappa shape index (κ2) is 7.09. The van der Waals surface area contributed by atoms with Crippen molar-refractivity contribution in [3.05, 3.63) is 41.1 Å². The number of fused-ring (bicyclic) bond motifs is 1. The van der Waals surface area contributed by atoms with E-state index in [4.69, 9.17) is 0 Å². The molecule has 0 fully saturated rings. The Hall–Kier alpha value is -1.94. The number of aryl methyl sites for hydroxylation is 2. The lowest BCUT2D eigenvalue weighted by Gasteiger charge is -2.28. The first-order valence-corrected chi connectivity index (χ1v) is 8.13. The molecule has 1 unspecified atom stereocenters. The zero-order valence-corrected chi connectivity index (χ0v) is 14.6. The number of amides is 1. The first kappa shape index (κ1) is 17.4. The van der Waals surface area contributed by atoms with Gasteiger partial charge in [0.2, 0.25) is 5.91 Å². The highest BCUT2D eigenvalue weighted by Crippen LogP contribution is 2.23. The highest BCUT2D eigenvalue weighted by atomic mass is 16.3. The Kier molecular flexibility index (Phi) is 5.37. The van der Waals surface area contributed by atoms with Crippen molar-refractivity contribution in [2.45, 2.75) is 53.2 Å². The molecule has 1 amide bonds. The fourth-order valence-electron chi connectivity index (χ4n) is 2.97. The molecule has 0 radical (unpaired) electrons. The van der Waals surface area contributed by atoms with Gasteiger partial charge in [0.25, 0.3) is 0 Å². The van der Waals surface area contributed by atoms with Crippen LogP contribution in [0.4, 0.5) is 0 Å². The second-order valence-electron chi connectivity index (χ2n) is 6.48. The van der Waals surface area contributed by atoms with Gasteiger partial charge in [-0.15, -0.1) is 0 Å². The van der Waals surface area contributed by atoms with Crippen molar-refractivity contribution in [1.29, 1.82) is 0 Å². The Morgan fingerprint density at radius 2 is 1.87 bits per heavy atom. The van der Waals surface area contributed by atoms with Gasteiger partial charge < -0.3 is 10.0 Å². The van der Waals surface area contributed by atoms with Crippen LogP contribution < -0.4 is 0 Å². The summed E-state index contributed by atoms with van der Waals surface area (Å²) in [5.41, 5.74) is 3.96. The molecular weight excluding hydrogens is 288 g/mol. The van der Waals surface area contributed by atoms with Crippen LogP contribution in [0.3, 0.4) is 0 Å². The number of rotatable bonds is 5. The second-order valence-corrected chi connectivity index (χ2v) is 6.48. The van der Waals surface area contributed by atoms with Crippen molar-refractivity contribution in [1.82, 2.24) is 9.88 Å². The van der Waals surface area contributed by atoms with Gasteiger partial charge in [-0.25, -0.2) is 0 Å². The van der Waals surface area contributed by atoms with E-state index in [9.17, 15) is 9.90 Å². The summed E-state index contributed by atoms with van der Waals surface area (Å²) >= 11 is 0. The number of aromatic nitrogens is 1. The summed E-state index contributed by atoms with van der Waals surface area (Å²) in [4.78, 5) is 19.1. The zero-order chi connectivity index (χ0) is 17.1. The standard InChI is InChI=1S/C19H26N2O2/c1-12(2)21(11-13(3)22)19(23)10-17-14(4)16-8-6-7-9-18(16)20-15(17)5/h6-9,12-13,22H,10-11H2,1-5H3. The summed E-state index contributed by atoms with van der Waals surface area (Å²) in [6, 6.07) is 8.07. The van der Waals surface area contributed by atoms with Crippen LogP contribution in [-0.2, 0) is 11.2 Å². The summed E-state index contributed by atoms with van der Waals surface area (Å²) < 4.78 is 0. The quantitative estimate of drug-likeness (QED) is 0.923. The molecule has 4 nitrogen and oxygen atoms in total. The minimum absolute atomic E-state index is 0.0316. The third-order valence-electron chi connectivity index (χ3n) is 4.22. The van der Waals surface area contributed by atoms with E-state index in [1.807, 2.05) is 52.0 Å². The molecule has 124 valence electrons. The maximum atomic E-state index is 12.7. The van der Waals surface area contributed by atoms with E-state index in [1.54, 1.807) is 11.8 Å². The molecule has 0 aliphatic rings. The summed E-state index contributed by atoms with van der Waals surface area (Å²) in [5.74, 6) is 0.0316. The molecule has 0 spiro atoms. The molecule has 0 saturated heterocycles. The maximum absolute atomic E-state index is 12.7. The highest BCUT2D eigenvalue weighted by molar-refractivity contribution is 5.86. The zero-order valence-electron chi connectivity index (χ0n) is 14.6. The van der Waals surface area contributed by atoms with Gasteiger partial charge in [0.15, 0.2) is 0 Å². The third-order valence-corrected chi connectivity index (χ3v) is 4.22. The van der Waals surface area contributed by atoms with E-state index < -0.39 is 6.10 Å². The first-order chi connectivity index (χ1) is 10.8. The first-order valence-electron chi connectivity index (χ1n) is 8.13. The van der Waals surface area contributed by atoms with Crippen molar-refractivity contribution in [2.24, 2.45) is 0 Å². The number of hydrogen-bond acceptors (Lipinski definition) is 3. The number of pyridine rings is 1. The van der Waals surface area contributed by atoms with Crippen molar-refractivity contribution in [3.63, 3.8) is 0 Å². The Labute approximate surface area is 138 Å². The van der Waals surface area contributed by atoms with Crippen LogP contribution in [0.5, 0.6) is 0 Å². The molecule has 1 aromatic carbocycles. The molecule has 1 heterocycles. The number of aliphatic hydroxyl groups is 1. The minimum Gasteiger partial charge on any atom is -0.392 e. The lowest BCUT2D eigenvalue weighted by Crippen LogP contribution is -2.42. The molecule has 0 saturated carbocycles. The number of carbonyl (C=O) groups is 1. The molecule has 1 N–H and O–H groups in total. The number of nitrogens with zero attached hydrogens (tertiary/aromatic N) is 2. The fourth-order valence-corrected chi connectivity index (χ4v) is 2.97. The Balaban J connectivity index is 2.35. The number of aliphatic hydroxyl groups excluding tert-OH is 1. The van der Waals surface area contributed by atoms with E-state index in [-0.39, 0.29) is 11.9 Å². The van der Waals surface area contributed by atoms with E-state index >= 15 is 0 Å². The lowest BCUT2D eigenvalue weighted by molar-refractivity contribution is -0.133. The van der Waals surface area contributed by atoms with Gasteiger partial charge in [-0.1, -0.05) is 18.2 Å². The molecular formula is C19H26N2O2. The van der Waals surface area contributed by atoms with Gasteiger partial charge in [-0.2, -0.15) is 0 Å². The average Bonchev–Trinajstić information content (AvgIpc) is 2.48. The van der Waals surface area contributed by atoms with E-state index in [0.717, 1.165) is 27.7 Å². The number of benzene rings is 1. The van der Waals surface area contributed by atoms with Crippen LogP contribution in [0.25, 0.3) is 10.9 Å². The largest absolute Gasteiger partial charge is 0.392 e. The van der Waals surface area contributed by atoms with Gasteiger partial charge in [0, 0.05) is 23.7 Å². The predicted octanol–water partition coefficient (Wildman–Crippen LogP) is 3.01. The number of carbonyl (C=O) groups excluding carboxylic acids is 1. The molecule has 23 heavy (non-hydrogen) atoms. The van der Waals surface area contributed by atoms with Gasteiger partial charge in [0.05, 0.1) is 18.0 Å². The summed E-state index contributed by atoms with van der Waals surface area (Å²) in [5, 5.41) is 10.7. The van der Waals surface area contributed by atoms with Gasteiger partial charge in [-0.05, 0) is 51.8 Å². The van der Waals surface area contributed by atoms with Crippen LogP contribution in [0.15, 0.2) is 24.3 Å². The molecule has 0 aliphatic heterocycles. The Morgan fingerprint density at radius 3 is 2.48 bits per heavy atom. The van der Waals surface area contributed by atoms with E-state index in [0.29, 0.717) is 13.0 Å². The third kappa shape index (κ3) is 3.88. The normalized spacial score (nSPS) is 12.7. The van der Waals surface area contributed by atoms with Gasteiger partial charge in [-0.3, -0.25) is 9.78 Å². The average molecular weight is 314 g/mol. The molecule has 1 atom stereocenters. The van der Waals surface area contributed by atoms with Crippen LogP contribution in [0.2, 0.25) is 0 Å². The Bertz CT molecular complexity index is 708. The monoisotopic (exact) mass is 314 g/mol. The lowest BCUT2D eigenvalue weighted by atomic mass is 9.99. The molecule has 2 rings (SSSR count). The maximum Gasteiger partial charge on any atom is 0.227 e. The molecule has 0 aliphatic carbocycles. The summed E-state index contributed by atoms with van der Waals surface area (Å²) in [6.45, 7) is 10.0. The van der Waals surface area contributed by atoms with Crippen LogP contribution in [-0.4, -0.2) is 39.6 Å².